The maximum Gasteiger partial charge on any atom is 0.139 e. The monoisotopic (exact) mass is 182 g/mol. The largest absolute Gasteiger partial charge is 0.384 e. The highest BCUT2D eigenvalue weighted by molar-refractivity contribution is 4.98. The summed E-state index contributed by atoms with van der Waals surface area (Å²) in [7, 11) is 0. The van der Waals surface area contributed by atoms with Crippen LogP contribution in [0.3, 0.4) is 0 Å². The van der Waals surface area contributed by atoms with Crippen LogP contribution in [0.15, 0.2) is 0 Å². The Kier molecular flexibility index (Phi) is 4.27. The number of hydrogen-bond acceptors (Lipinski definition) is 1. The summed E-state index contributed by atoms with van der Waals surface area (Å²) >= 11 is 0. The van der Waals surface area contributed by atoms with E-state index in [4.69, 9.17) is 5.11 Å². The molecule has 0 aliphatic carbocycles. The molecule has 0 unspecified atom stereocenters. The predicted molar refractivity (Wildman–Crippen MR) is 53.5 cm³/mol. The van der Waals surface area contributed by atoms with Crippen molar-refractivity contribution in [3.8, 4) is 11.8 Å². The van der Waals surface area contributed by atoms with Crippen molar-refractivity contribution >= 4 is 0 Å². The van der Waals surface area contributed by atoms with Crippen molar-refractivity contribution < 1.29 is 10.0 Å². The van der Waals surface area contributed by atoms with Gasteiger partial charge in [0.1, 0.15) is 13.2 Å². The van der Waals surface area contributed by atoms with E-state index in [0.29, 0.717) is 0 Å². The van der Waals surface area contributed by atoms with Gasteiger partial charge in [0.05, 0.1) is 12.1 Å². The zero-order chi connectivity index (χ0) is 9.68. The predicted octanol–water partition coefficient (Wildman–Crippen LogP) is -0.172. The average Bonchev–Trinajstić information content (AvgIpc) is 2.10. The zero-order valence-electron chi connectivity index (χ0n) is 8.64. The molecule has 0 radical (unpaired) electrons. The lowest BCUT2D eigenvalue weighted by atomic mass is 9.98. The van der Waals surface area contributed by atoms with Crippen LogP contribution < -0.4 is 4.90 Å². The zero-order valence-corrected chi connectivity index (χ0v) is 8.64. The first-order valence-electron chi connectivity index (χ1n) is 5.18. The quantitative estimate of drug-likeness (QED) is 0.541. The highest BCUT2D eigenvalue weighted by atomic mass is 16.2. The summed E-state index contributed by atoms with van der Waals surface area (Å²) in [6.45, 7) is 5.48. The van der Waals surface area contributed by atoms with E-state index in [1.165, 1.54) is 19.3 Å². The summed E-state index contributed by atoms with van der Waals surface area (Å²) in [5, 5.41) is 8.54. The average molecular weight is 182 g/mol. The maximum atomic E-state index is 8.54. The Morgan fingerprint density at radius 3 is 2.38 bits per heavy atom. The minimum Gasteiger partial charge on any atom is -0.384 e. The molecule has 2 nitrogen and oxygen atoms in total. The molecule has 0 aromatic rings. The summed E-state index contributed by atoms with van der Waals surface area (Å²) in [6, 6.07) is 1.47. The van der Waals surface area contributed by atoms with Crippen molar-refractivity contribution in [2.45, 2.75) is 45.2 Å². The first-order chi connectivity index (χ1) is 6.25. The Hall–Kier alpha value is -0.520. The van der Waals surface area contributed by atoms with Crippen molar-refractivity contribution in [2.75, 3.05) is 13.2 Å². The molecule has 0 spiro atoms. The molecule has 1 heterocycles. The lowest BCUT2D eigenvalue weighted by Gasteiger charge is -2.34. The Bertz CT molecular complexity index is 194. The third-order valence-electron chi connectivity index (χ3n) is 3.04. The molecule has 1 rings (SSSR count). The first kappa shape index (κ1) is 10.6. The van der Waals surface area contributed by atoms with Gasteiger partial charge in [-0.05, 0) is 39.0 Å². The molecular weight excluding hydrogens is 162 g/mol. The maximum absolute atomic E-state index is 8.54. The molecule has 1 aliphatic heterocycles. The van der Waals surface area contributed by atoms with Crippen LogP contribution in [0, 0.1) is 11.8 Å². The van der Waals surface area contributed by atoms with E-state index in [-0.39, 0.29) is 6.61 Å². The minimum atomic E-state index is -0.00393. The normalized spacial score (nSPS) is 29.5. The lowest BCUT2D eigenvalue weighted by Crippen LogP contribution is -3.19. The topological polar surface area (TPSA) is 24.7 Å². The SMILES string of the molecule is C[C@H]1CCC[C@H](C)[NH+]1CC#CCO. The van der Waals surface area contributed by atoms with Gasteiger partial charge in [-0.15, -0.1) is 0 Å². The van der Waals surface area contributed by atoms with Gasteiger partial charge in [-0.2, -0.15) is 0 Å². The van der Waals surface area contributed by atoms with Crippen molar-refractivity contribution in [3.05, 3.63) is 0 Å². The molecule has 74 valence electrons. The number of aliphatic hydroxyl groups excluding tert-OH is 1. The van der Waals surface area contributed by atoms with Gasteiger partial charge >= 0.3 is 0 Å². The van der Waals surface area contributed by atoms with E-state index in [9.17, 15) is 0 Å². The summed E-state index contributed by atoms with van der Waals surface area (Å²) in [5.41, 5.74) is 0. The Morgan fingerprint density at radius 2 is 1.85 bits per heavy atom. The number of piperidine rings is 1. The van der Waals surface area contributed by atoms with Gasteiger partial charge in [-0.1, -0.05) is 5.92 Å². The molecule has 2 atom stereocenters. The van der Waals surface area contributed by atoms with Crippen LogP contribution in [-0.2, 0) is 0 Å². The number of quaternary nitrogens is 1. The number of nitrogens with one attached hydrogen (secondary N) is 1. The molecule has 0 amide bonds. The van der Waals surface area contributed by atoms with E-state index in [0.717, 1.165) is 18.6 Å². The van der Waals surface area contributed by atoms with E-state index < -0.39 is 0 Å². The molecule has 1 aliphatic rings. The molecule has 1 fully saturated rings. The van der Waals surface area contributed by atoms with Gasteiger partial charge < -0.3 is 10.0 Å². The summed E-state index contributed by atoms with van der Waals surface area (Å²) in [6.07, 6.45) is 4.00. The first-order valence-corrected chi connectivity index (χ1v) is 5.18. The fraction of sp³-hybridized carbons (Fsp3) is 0.818. The van der Waals surface area contributed by atoms with Crippen LogP contribution in [-0.4, -0.2) is 30.3 Å². The van der Waals surface area contributed by atoms with Crippen molar-refractivity contribution in [1.29, 1.82) is 0 Å². The number of rotatable bonds is 1. The Balaban J connectivity index is 2.44. The number of likely N-dealkylation sites (tertiary alicyclic amines) is 1. The van der Waals surface area contributed by atoms with Crippen LogP contribution in [0.25, 0.3) is 0 Å². The minimum absolute atomic E-state index is 0.00393. The second-order valence-electron chi connectivity index (χ2n) is 4.00. The fourth-order valence-electron chi connectivity index (χ4n) is 2.16. The molecule has 2 N–H and O–H groups in total. The summed E-state index contributed by atoms with van der Waals surface area (Å²) < 4.78 is 0. The lowest BCUT2D eigenvalue weighted by molar-refractivity contribution is -0.944. The highest BCUT2D eigenvalue weighted by Gasteiger charge is 2.27. The third-order valence-corrected chi connectivity index (χ3v) is 3.04. The van der Waals surface area contributed by atoms with E-state index >= 15 is 0 Å². The molecule has 1 saturated heterocycles. The molecular formula is C11H20NO+. The van der Waals surface area contributed by atoms with Gasteiger partial charge in [-0.3, -0.25) is 0 Å². The van der Waals surface area contributed by atoms with Crippen LogP contribution >= 0.6 is 0 Å². The van der Waals surface area contributed by atoms with E-state index in [2.05, 4.69) is 25.7 Å². The number of hydrogen-bond donors (Lipinski definition) is 2. The fourth-order valence-corrected chi connectivity index (χ4v) is 2.16. The molecule has 0 aromatic heterocycles. The summed E-state index contributed by atoms with van der Waals surface area (Å²) in [5.74, 6) is 5.75. The van der Waals surface area contributed by atoms with Crippen molar-refractivity contribution in [3.63, 3.8) is 0 Å². The van der Waals surface area contributed by atoms with Crippen LogP contribution in [0.2, 0.25) is 0 Å². The Morgan fingerprint density at radius 1 is 1.23 bits per heavy atom. The van der Waals surface area contributed by atoms with Gasteiger partial charge in [0, 0.05) is 0 Å². The molecule has 0 bridgehead atoms. The van der Waals surface area contributed by atoms with Crippen molar-refractivity contribution in [1.82, 2.24) is 0 Å². The van der Waals surface area contributed by atoms with E-state index in [1.54, 1.807) is 4.90 Å². The van der Waals surface area contributed by atoms with Crippen LogP contribution in [0.1, 0.15) is 33.1 Å². The highest BCUT2D eigenvalue weighted by Crippen LogP contribution is 2.06. The number of aliphatic hydroxyl groups is 1. The van der Waals surface area contributed by atoms with Gasteiger partial charge in [0.2, 0.25) is 0 Å². The standard InChI is InChI=1S/C11H19NO/c1-10-6-5-7-11(2)12(10)8-3-4-9-13/h10-11,13H,5-9H2,1-2H3/p+1/t10-,11-/m0/s1. The molecule has 2 heteroatoms. The van der Waals surface area contributed by atoms with Crippen molar-refractivity contribution in [2.24, 2.45) is 0 Å². The van der Waals surface area contributed by atoms with Crippen LogP contribution in [0.4, 0.5) is 0 Å². The summed E-state index contributed by atoms with van der Waals surface area (Å²) in [4.78, 5) is 1.59. The van der Waals surface area contributed by atoms with Gasteiger partial charge in [0.15, 0.2) is 0 Å². The Labute approximate surface area is 80.9 Å². The molecule has 13 heavy (non-hydrogen) atoms. The van der Waals surface area contributed by atoms with Crippen LogP contribution in [0.5, 0.6) is 0 Å². The second kappa shape index (κ2) is 5.26. The van der Waals surface area contributed by atoms with Gasteiger partial charge in [-0.25, -0.2) is 0 Å². The second-order valence-corrected chi connectivity index (χ2v) is 4.00. The smallest absolute Gasteiger partial charge is 0.139 e. The molecule has 0 saturated carbocycles. The van der Waals surface area contributed by atoms with Gasteiger partial charge in [0.25, 0.3) is 0 Å². The molecule has 0 aromatic carbocycles. The third kappa shape index (κ3) is 3.02. The van der Waals surface area contributed by atoms with E-state index in [1.807, 2.05) is 0 Å².